The van der Waals surface area contributed by atoms with Gasteiger partial charge < -0.3 is 11.1 Å². The molecule has 90 valence electrons. The van der Waals surface area contributed by atoms with E-state index in [4.69, 9.17) is 5.73 Å². The molecule has 0 aliphatic rings. The highest BCUT2D eigenvalue weighted by Gasteiger charge is 2.00. The molecule has 2 heterocycles. The third kappa shape index (κ3) is 3.17. The lowest BCUT2D eigenvalue weighted by atomic mass is 10.2. The van der Waals surface area contributed by atoms with Crippen LogP contribution in [0.2, 0.25) is 0 Å². The van der Waals surface area contributed by atoms with E-state index in [1.807, 2.05) is 13.0 Å². The minimum Gasteiger partial charge on any atom is -0.397 e. The first kappa shape index (κ1) is 11.4. The number of hydrogen-bond donors (Lipinski definition) is 3. The van der Waals surface area contributed by atoms with Crippen LogP contribution in [0, 0.1) is 6.92 Å². The summed E-state index contributed by atoms with van der Waals surface area (Å²) in [6.45, 7) is 2.83. The van der Waals surface area contributed by atoms with Gasteiger partial charge in [-0.25, -0.2) is 9.97 Å². The molecule has 4 N–H and O–H groups in total. The molecule has 2 aromatic heterocycles. The molecule has 0 amide bonds. The molecule has 0 aliphatic carbocycles. The molecular weight excluding hydrogens is 216 g/mol. The average molecular weight is 232 g/mol. The monoisotopic (exact) mass is 232 g/mol. The van der Waals surface area contributed by atoms with Crippen LogP contribution in [0.15, 0.2) is 18.6 Å². The molecule has 17 heavy (non-hydrogen) atoms. The Morgan fingerprint density at radius 2 is 2.29 bits per heavy atom. The normalized spacial score (nSPS) is 10.4. The first-order valence-electron chi connectivity index (χ1n) is 5.56. The van der Waals surface area contributed by atoms with Crippen molar-refractivity contribution in [1.82, 2.24) is 20.2 Å². The van der Waals surface area contributed by atoms with E-state index in [-0.39, 0.29) is 0 Å². The first-order chi connectivity index (χ1) is 8.25. The van der Waals surface area contributed by atoms with E-state index in [1.165, 1.54) is 6.33 Å². The smallest absolute Gasteiger partial charge is 0.137 e. The molecule has 0 spiro atoms. The molecule has 0 aliphatic heterocycles. The Kier molecular flexibility index (Phi) is 3.54. The van der Waals surface area contributed by atoms with E-state index < -0.39 is 0 Å². The van der Waals surface area contributed by atoms with Gasteiger partial charge in [0.25, 0.3) is 0 Å². The number of nitrogens with two attached hydrogens (primary N) is 1. The van der Waals surface area contributed by atoms with E-state index in [0.29, 0.717) is 5.69 Å². The van der Waals surface area contributed by atoms with Crippen LogP contribution in [0.3, 0.4) is 0 Å². The quantitative estimate of drug-likeness (QED) is 0.672. The maximum atomic E-state index is 5.64. The second-order valence-corrected chi connectivity index (χ2v) is 3.90. The fraction of sp³-hybridized carbons (Fsp3) is 0.364. The zero-order valence-corrected chi connectivity index (χ0v) is 9.77. The molecular formula is C11H16N6. The van der Waals surface area contributed by atoms with Crippen molar-refractivity contribution in [2.24, 2.45) is 0 Å². The zero-order chi connectivity index (χ0) is 12.1. The Bertz CT molecular complexity index is 465. The third-order valence-electron chi connectivity index (χ3n) is 2.45. The minimum atomic E-state index is 0.690. The number of nitrogens with zero attached hydrogens (tertiary/aromatic N) is 3. The van der Waals surface area contributed by atoms with Crippen LogP contribution in [0.25, 0.3) is 0 Å². The van der Waals surface area contributed by atoms with Gasteiger partial charge in [-0.1, -0.05) is 0 Å². The molecule has 0 atom stereocenters. The highest BCUT2D eigenvalue weighted by molar-refractivity contribution is 5.50. The van der Waals surface area contributed by atoms with Gasteiger partial charge in [-0.05, 0) is 25.0 Å². The molecule has 0 radical (unpaired) electrons. The van der Waals surface area contributed by atoms with Gasteiger partial charge >= 0.3 is 0 Å². The number of aromatic nitrogens is 4. The predicted octanol–water partition coefficient (Wildman–Crippen LogP) is 1.14. The second kappa shape index (κ2) is 5.29. The number of nitrogens with one attached hydrogen (secondary N) is 2. The third-order valence-corrected chi connectivity index (χ3v) is 2.45. The molecule has 2 rings (SSSR count). The second-order valence-electron chi connectivity index (χ2n) is 3.90. The number of H-pyrrole nitrogens is 1. The van der Waals surface area contributed by atoms with Crippen LogP contribution in [0.5, 0.6) is 0 Å². The van der Waals surface area contributed by atoms with E-state index >= 15 is 0 Å². The lowest BCUT2D eigenvalue weighted by Gasteiger charge is -2.08. The topological polar surface area (TPSA) is 92.5 Å². The molecule has 6 nitrogen and oxygen atoms in total. The summed E-state index contributed by atoms with van der Waals surface area (Å²) in [4.78, 5) is 8.30. The molecule has 0 aromatic carbocycles. The summed E-state index contributed by atoms with van der Waals surface area (Å²) >= 11 is 0. The van der Waals surface area contributed by atoms with Crippen molar-refractivity contribution in [3.8, 4) is 0 Å². The average Bonchev–Trinajstić information content (AvgIpc) is 2.79. The molecule has 0 unspecified atom stereocenters. The van der Waals surface area contributed by atoms with E-state index in [0.717, 1.165) is 36.6 Å². The summed E-state index contributed by atoms with van der Waals surface area (Å²) in [6, 6.07) is 1.91. The van der Waals surface area contributed by atoms with Crippen LogP contribution in [-0.4, -0.2) is 26.7 Å². The maximum absolute atomic E-state index is 5.64. The predicted molar refractivity (Wildman–Crippen MR) is 66.6 cm³/mol. The molecule has 0 saturated carbocycles. The summed E-state index contributed by atoms with van der Waals surface area (Å²) in [6.07, 6.45) is 5.03. The van der Waals surface area contributed by atoms with Crippen molar-refractivity contribution >= 4 is 11.5 Å². The van der Waals surface area contributed by atoms with Crippen LogP contribution in [0.4, 0.5) is 11.5 Å². The number of aromatic amines is 1. The van der Waals surface area contributed by atoms with Crippen molar-refractivity contribution in [3.05, 3.63) is 30.0 Å². The number of anilines is 2. The summed E-state index contributed by atoms with van der Waals surface area (Å²) in [5.41, 5.74) is 7.39. The maximum Gasteiger partial charge on any atom is 0.137 e. The lowest BCUT2D eigenvalue weighted by molar-refractivity contribution is 0.803. The van der Waals surface area contributed by atoms with Gasteiger partial charge in [0, 0.05) is 13.0 Å². The van der Waals surface area contributed by atoms with Gasteiger partial charge in [-0.2, -0.15) is 5.10 Å². The SMILES string of the molecule is Cc1cc(N)cnc1NCCCc1ncn[nH]1. The number of nitrogen functional groups attached to an aromatic ring is 1. The van der Waals surface area contributed by atoms with Crippen molar-refractivity contribution < 1.29 is 0 Å². The molecule has 2 aromatic rings. The van der Waals surface area contributed by atoms with Crippen molar-refractivity contribution in [3.63, 3.8) is 0 Å². The Morgan fingerprint density at radius 1 is 1.41 bits per heavy atom. The fourth-order valence-electron chi connectivity index (χ4n) is 1.60. The number of pyridine rings is 1. The number of rotatable bonds is 5. The Hall–Kier alpha value is -2.11. The van der Waals surface area contributed by atoms with Gasteiger partial charge in [0.2, 0.25) is 0 Å². The van der Waals surface area contributed by atoms with E-state index in [1.54, 1.807) is 6.20 Å². The van der Waals surface area contributed by atoms with Crippen LogP contribution >= 0.6 is 0 Å². The summed E-state index contributed by atoms with van der Waals surface area (Å²) in [5, 5.41) is 9.91. The van der Waals surface area contributed by atoms with Crippen molar-refractivity contribution in [2.75, 3.05) is 17.6 Å². The molecule has 0 fully saturated rings. The highest BCUT2D eigenvalue weighted by atomic mass is 15.2. The summed E-state index contributed by atoms with van der Waals surface area (Å²) in [5.74, 6) is 1.80. The molecule has 6 heteroatoms. The van der Waals surface area contributed by atoms with Crippen LogP contribution in [-0.2, 0) is 6.42 Å². The highest BCUT2D eigenvalue weighted by Crippen LogP contribution is 2.13. The molecule has 0 saturated heterocycles. The van der Waals surface area contributed by atoms with E-state index in [2.05, 4.69) is 25.5 Å². The minimum absolute atomic E-state index is 0.690. The summed E-state index contributed by atoms with van der Waals surface area (Å²) in [7, 11) is 0. The largest absolute Gasteiger partial charge is 0.397 e. The molecule has 0 bridgehead atoms. The van der Waals surface area contributed by atoms with Crippen molar-refractivity contribution in [2.45, 2.75) is 19.8 Å². The van der Waals surface area contributed by atoms with Gasteiger partial charge in [0.1, 0.15) is 18.0 Å². The van der Waals surface area contributed by atoms with Crippen LogP contribution < -0.4 is 11.1 Å². The van der Waals surface area contributed by atoms with Gasteiger partial charge in [0.15, 0.2) is 0 Å². The van der Waals surface area contributed by atoms with Gasteiger partial charge in [-0.15, -0.1) is 0 Å². The van der Waals surface area contributed by atoms with Gasteiger partial charge in [0.05, 0.1) is 11.9 Å². The standard InChI is InChI=1S/C11H16N6/c1-8-5-9(12)6-14-11(8)13-4-2-3-10-15-7-16-17-10/h5-7H,2-4,12H2,1H3,(H,13,14)(H,15,16,17). The number of aryl methyl sites for hydroxylation is 2. The number of hydrogen-bond acceptors (Lipinski definition) is 5. The van der Waals surface area contributed by atoms with E-state index in [9.17, 15) is 0 Å². The van der Waals surface area contributed by atoms with Crippen molar-refractivity contribution in [1.29, 1.82) is 0 Å². The van der Waals surface area contributed by atoms with Gasteiger partial charge in [-0.3, -0.25) is 5.10 Å². The first-order valence-corrected chi connectivity index (χ1v) is 5.56. The zero-order valence-electron chi connectivity index (χ0n) is 9.77. The fourth-order valence-corrected chi connectivity index (χ4v) is 1.60. The summed E-state index contributed by atoms with van der Waals surface area (Å²) < 4.78 is 0. The van der Waals surface area contributed by atoms with Crippen LogP contribution in [0.1, 0.15) is 17.8 Å². The Balaban J connectivity index is 1.78. The Labute approximate surface area is 99.7 Å². The lowest BCUT2D eigenvalue weighted by Crippen LogP contribution is -2.07. The Morgan fingerprint density at radius 3 is 3.00 bits per heavy atom.